The Morgan fingerprint density at radius 3 is 2.30 bits per heavy atom. The third-order valence-corrected chi connectivity index (χ3v) is 7.76. The maximum absolute atomic E-state index is 13.7. The van der Waals surface area contributed by atoms with Crippen molar-refractivity contribution in [3.05, 3.63) is 93.3 Å². The molecular formula is C28H28N2O2S. The van der Waals surface area contributed by atoms with Crippen molar-refractivity contribution >= 4 is 34.4 Å². The first-order valence-electron chi connectivity index (χ1n) is 11.6. The summed E-state index contributed by atoms with van der Waals surface area (Å²) in [5, 5.41) is 1.96. The summed E-state index contributed by atoms with van der Waals surface area (Å²) in [5.74, 6) is 0.178. The molecule has 2 aliphatic heterocycles. The van der Waals surface area contributed by atoms with Crippen LogP contribution in [0.2, 0.25) is 0 Å². The van der Waals surface area contributed by atoms with E-state index in [1.807, 2.05) is 49.6 Å². The average Bonchev–Trinajstić information content (AvgIpc) is 3.43. The first-order valence-corrected chi connectivity index (χ1v) is 12.4. The van der Waals surface area contributed by atoms with Crippen LogP contribution in [0.1, 0.15) is 34.4 Å². The van der Waals surface area contributed by atoms with Gasteiger partial charge in [0.2, 0.25) is 0 Å². The first kappa shape index (κ1) is 21.7. The van der Waals surface area contributed by atoms with Crippen LogP contribution in [-0.4, -0.2) is 29.8 Å². The quantitative estimate of drug-likeness (QED) is 0.469. The molecule has 0 unspecified atom stereocenters. The Labute approximate surface area is 199 Å². The van der Waals surface area contributed by atoms with Crippen LogP contribution in [0, 0.1) is 19.8 Å². The van der Waals surface area contributed by atoms with Gasteiger partial charge in [-0.15, -0.1) is 11.3 Å². The summed E-state index contributed by atoms with van der Waals surface area (Å²) in [4.78, 5) is 31.7. The number of hydrogen-bond donors (Lipinski definition) is 0. The van der Waals surface area contributed by atoms with E-state index in [4.69, 9.17) is 0 Å². The van der Waals surface area contributed by atoms with E-state index in [1.165, 1.54) is 21.8 Å². The minimum absolute atomic E-state index is 0.201. The van der Waals surface area contributed by atoms with E-state index in [0.29, 0.717) is 22.9 Å². The fraction of sp³-hybridized carbons (Fsp3) is 0.286. The zero-order valence-electron chi connectivity index (χ0n) is 19.1. The molecule has 0 spiro atoms. The molecule has 0 N–H and O–H groups in total. The Hall–Kier alpha value is -3.18. The largest absolute Gasteiger partial charge is 0.366 e. The lowest BCUT2D eigenvalue weighted by Gasteiger charge is -2.34. The van der Waals surface area contributed by atoms with Crippen molar-refractivity contribution in [2.45, 2.75) is 33.1 Å². The minimum Gasteiger partial charge on any atom is -0.366 e. The second kappa shape index (κ2) is 8.99. The van der Waals surface area contributed by atoms with E-state index in [2.05, 4.69) is 35.2 Å². The number of hydrogen-bond acceptors (Lipinski definition) is 4. The average molecular weight is 457 g/mol. The summed E-state index contributed by atoms with van der Waals surface area (Å²) in [6.07, 6.45) is 3.09. The van der Waals surface area contributed by atoms with Crippen LogP contribution in [0.3, 0.4) is 0 Å². The van der Waals surface area contributed by atoms with Gasteiger partial charge in [0.25, 0.3) is 11.8 Å². The van der Waals surface area contributed by atoms with Crippen LogP contribution in [0.25, 0.3) is 5.57 Å². The van der Waals surface area contributed by atoms with Gasteiger partial charge in [0.1, 0.15) is 5.70 Å². The van der Waals surface area contributed by atoms with E-state index in [-0.39, 0.29) is 11.8 Å². The van der Waals surface area contributed by atoms with Crippen molar-refractivity contribution in [1.29, 1.82) is 0 Å². The molecule has 5 rings (SSSR count). The van der Waals surface area contributed by atoms with Crippen LogP contribution in [0.4, 0.5) is 5.69 Å². The number of anilines is 1. The molecule has 2 aromatic carbocycles. The van der Waals surface area contributed by atoms with Crippen molar-refractivity contribution < 1.29 is 9.59 Å². The summed E-state index contributed by atoms with van der Waals surface area (Å²) in [6.45, 7) is 5.63. The van der Waals surface area contributed by atoms with Crippen molar-refractivity contribution in [3.8, 4) is 0 Å². The molecule has 3 aromatic rings. The zero-order chi connectivity index (χ0) is 22.9. The monoisotopic (exact) mass is 456 g/mol. The predicted octanol–water partition coefficient (Wildman–Crippen LogP) is 5.60. The van der Waals surface area contributed by atoms with Gasteiger partial charge in [-0.25, -0.2) is 4.90 Å². The van der Waals surface area contributed by atoms with Crippen LogP contribution < -0.4 is 4.90 Å². The zero-order valence-corrected chi connectivity index (χ0v) is 19.9. The Bertz CT molecular complexity index is 1210. The number of carbonyl (C=O) groups excluding carboxylic acids is 2. The van der Waals surface area contributed by atoms with E-state index in [0.717, 1.165) is 48.4 Å². The van der Waals surface area contributed by atoms with Gasteiger partial charge in [-0.2, -0.15) is 0 Å². The fourth-order valence-corrected chi connectivity index (χ4v) is 5.62. The van der Waals surface area contributed by atoms with Gasteiger partial charge < -0.3 is 4.90 Å². The second-order valence-electron chi connectivity index (χ2n) is 9.04. The molecule has 1 saturated heterocycles. The molecule has 168 valence electrons. The lowest BCUT2D eigenvalue weighted by Crippen LogP contribution is -2.39. The molecule has 0 atom stereocenters. The molecule has 3 heterocycles. The number of thiophene rings is 1. The Kier molecular flexibility index (Phi) is 5.90. The normalized spacial score (nSPS) is 17.4. The molecule has 2 amide bonds. The summed E-state index contributed by atoms with van der Waals surface area (Å²) in [7, 11) is 0. The van der Waals surface area contributed by atoms with Crippen molar-refractivity contribution in [1.82, 2.24) is 4.90 Å². The molecule has 0 bridgehead atoms. The van der Waals surface area contributed by atoms with Gasteiger partial charge in [0, 0.05) is 18.0 Å². The number of likely N-dealkylation sites (tertiary alicyclic amines) is 1. The lowest BCUT2D eigenvalue weighted by atomic mass is 9.90. The number of nitrogens with zero attached hydrogens (tertiary/aromatic N) is 2. The SMILES string of the molecule is Cc1ccc(N2C(=O)C(c3cccs3)=C(N3CCC(Cc4ccccc4)CC3)C2=O)cc1C. The third-order valence-electron chi connectivity index (χ3n) is 6.87. The highest BCUT2D eigenvalue weighted by Crippen LogP contribution is 2.38. The number of carbonyl (C=O) groups is 2. The molecule has 0 saturated carbocycles. The van der Waals surface area contributed by atoms with Crippen LogP contribution in [0.15, 0.2) is 71.7 Å². The molecule has 0 radical (unpaired) electrons. The topological polar surface area (TPSA) is 40.6 Å². The summed E-state index contributed by atoms with van der Waals surface area (Å²) in [5.41, 5.74) is 5.35. The molecule has 5 heteroatoms. The Morgan fingerprint density at radius 1 is 0.879 bits per heavy atom. The van der Waals surface area contributed by atoms with Crippen LogP contribution in [-0.2, 0) is 16.0 Å². The first-order chi connectivity index (χ1) is 16.0. The number of amides is 2. The number of rotatable bonds is 5. The highest BCUT2D eigenvalue weighted by molar-refractivity contribution is 7.11. The molecular weight excluding hydrogens is 428 g/mol. The summed E-state index contributed by atoms with van der Waals surface area (Å²) in [6, 6.07) is 20.3. The minimum atomic E-state index is -0.216. The van der Waals surface area contributed by atoms with E-state index in [1.54, 1.807) is 0 Å². The third kappa shape index (κ3) is 4.13. The number of imide groups is 1. The highest BCUT2D eigenvalue weighted by Gasteiger charge is 2.43. The van der Waals surface area contributed by atoms with Crippen molar-refractivity contribution in [2.24, 2.45) is 5.92 Å². The number of piperidine rings is 1. The number of aryl methyl sites for hydroxylation is 2. The van der Waals surface area contributed by atoms with Crippen molar-refractivity contribution in [2.75, 3.05) is 18.0 Å². The van der Waals surface area contributed by atoms with Crippen LogP contribution in [0.5, 0.6) is 0 Å². The fourth-order valence-electron chi connectivity index (χ4n) is 4.86. The molecule has 1 fully saturated rings. The van der Waals surface area contributed by atoms with Gasteiger partial charge in [-0.1, -0.05) is 42.5 Å². The molecule has 0 aliphatic carbocycles. The van der Waals surface area contributed by atoms with E-state index < -0.39 is 0 Å². The van der Waals surface area contributed by atoms with E-state index >= 15 is 0 Å². The highest BCUT2D eigenvalue weighted by atomic mass is 32.1. The summed E-state index contributed by atoms with van der Waals surface area (Å²) >= 11 is 1.51. The standard InChI is InChI=1S/C28H28N2O2S/c1-19-10-11-23(17-20(19)2)30-27(31)25(24-9-6-16-33-24)26(28(30)32)29-14-12-22(13-15-29)18-21-7-4-3-5-8-21/h3-11,16-17,22H,12-15,18H2,1-2H3. The van der Waals surface area contributed by atoms with Gasteiger partial charge >= 0.3 is 0 Å². The van der Waals surface area contributed by atoms with Gasteiger partial charge in [0.15, 0.2) is 0 Å². The molecule has 2 aliphatic rings. The Balaban J connectivity index is 1.42. The van der Waals surface area contributed by atoms with Gasteiger partial charge in [-0.3, -0.25) is 9.59 Å². The summed E-state index contributed by atoms with van der Waals surface area (Å²) < 4.78 is 0. The number of benzene rings is 2. The predicted molar refractivity (Wildman–Crippen MR) is 134 cm³/mol. The molecule has 33 heavy (non-hydrogen) atoms. The second-order valence-corrected chi connectivity index (χ2v) is 9.98. The maximum Gasteiger partial charge on any atom is 0.282 e. The van der Waals surface area contributed by atoms with Gasteiger partial charge in [0.05, 0.1) is 11.3 Å². The molecule has 4 nitrogen and oxygen atoms in total. The van der Waals surface area contributed by atoms with Crippen molar-refractivity contribution in [3.63, 3.8) is 0 Å². The smallest absolute Gasteiger partial charge is 0.282 e. The van der Waals surface area contributed by atoms with Crippen LogP contribution >= 0.6 is 11.3 Å². The maximum atomic E-state index is 13.7. The Morgan fingerprint density at radius 2 is 1.64 bits per heavy atom. The van der Waals surface area contributed by atoms with E-state index in [9.17, 15) is 9.59 Å². The lowest BCUT2D eigenvalue weighted by molar-refractivity contribution is -0.120. The van der Waals surface area contributed by atoms with Gasteiger partial charge in [-0.05, 0) is 79.3 Å². The molecule has 1 aromatic heterocycles.